The third kappa shape index (κ3) is 4.40. The lowest BCUT2D eigenvalue weighted by Gasteiger charge is -2.21. The fourth-order valence-electron chi connectivity index (χ4n) is 4.12. The standard InChI is InChI=1S/C27H23ClO7/c1-15-22(33-13-18-9-19(28)8-17-12-32-14-34-27(17)18)7-6-21-25(29)24(35-26(15)21)10-16-4-5-20(30-2)11-23(16)31-3/h4-11H,12-14H2,1-3H3/b24-10-. The van der Waals surface area contributed by atoms with Gasteiger partial charge >= 0.3 is 0 Å². The van der Waals surface area contributed by atoms with Crippen LogP contribution in [-0.2, 0) is 18.0 Å². The first-order valence-electron chi connectivity index (χ1n) is 10.9. The minimum Gasteiger partial charge on any atom is -0.497 e. The Morgan fingerprint density at radius 2 is 1.89 bits per heavy atom. The maximum Gasteiger partial charge on any atom is 0.231 e. The first-order chi connectivity index (χ1) is 17.0. The van der Waals surface area contributed by atoms with E-state index in [4.69, 9.17) is 40.0 Å². The van der Waals surface area contributed by atoms with E-state index in [9.17, 15) is 4.79 Å². The van der Waals surface area contributed by atoms with Crippen molar-refractivity contribution in [1.29, 1.82) is 0 Å². The zero-order valence-corrected chi connectivity index (χ0v) is 20.2. The van der Waals surface area contributed by atoms with Gasteiger partial charge in [-0.2, -0.15) is 0 Å². The SMILES string of the molecule is COc1ccc(/C=C2\Oc3c(ccc(OCc4cc(Cl)cc5c4OCOC5)c3C)C2=O)c(OC)c1. The molecule has 0 radical (unpaired) electrons. The first-order valence-corrected chi connectivity index (χ1v) is 11.3. The number of carbonyl (C=O) groups excluding carboxylic acids is 1. The fourth-order valence-corrected chi connectivity index (χ4v) is 4.39. The lowest BCUT2D eigenvalue weighted by atomic mass is 10.1. The summed E-state index contributed by atoms with van der Waals surface area (Å²) in [7, 11) is 3.14. The third-order valence-corrected chi connectivity index (χ3v) is 6.12. The van der Waals surface area contributed by atoms with E-state index in [0.717, 1.165) is 22.4 Å². The summed E-state index contributed by atoms with van der Waals surface area (Å²) in [6.45, 7) is 2.71. The largest absolute Gasteiger partial charge is 0.497 e. The van der Waals surface area contributed by atoms with E-state index < -0.39 is 0 Å². The number of halogens is 1. The molecule has 0 amide bonds. The van der Waals surface area contributed by atoms with Crippen molar-refractivity contribution in [3.8, 4) is 28.7 Å². The smallest absolute Gasteiger partial charge is 0.231 e. The maximum atomic E-state index is 13.0. The van der Waals surface area contributed by atoms with Gasteiger partial charge in [-0.15, -0.1) is 0 Å². The van der Waals surface area contributed by atoms with Crippen molar-refractivity contribution in [2.24, 2.45) is 0 Å². The van der Waals surface area contributed by atoms with Gasteiger partial charge in [-0.3, -0.25) is 4.79 Å². The molecule has 5 rings (SSSR count). The molecule has 0 atom stereocenters. The Labute approximate surface area is 207 Å². The summed E-state index contributed by atoms with van der Waals surface area (Å²) in [5.74, 6) is 3.03. The number of hydrogen-bond donors (Lipinski definition) is 0. The van der Waals surface area contributed by atoms with Crippen LogP contribution in [0, 0.1) is 6.92 Å². The van der Waals surface area contributed by atoms with Crippen LogP contribution in [-0.4, -0.2) is 26.8 Å². The number of fused-ring (bicyclic) bond motifs is 2. The second-order valence-electron chi connectivity index (χ2n) is 8.07. The molecule has 2 aliphatic rings. The van der Waals surface area contributed by atoms with Crippen LogP contribution >= 0.6 is 11.6 Å². The van der Waals surface area contributed by atoms with Crippen molar-refractivity contribution < 1.29 is 33.2 Å². The molecule has 0 fully saturated rings. The molecule has 3 aromatic carbocycles. The summed E-state index contributed by atoms with van der Waals surface area (Å²) in [5.41, 5.74) is 3.61. The third-order valence-electron chi connectivity index (χ3n) is 5.90. The van der Waals surface area contributed by atoms with E-state index in [1.165, 1.54) is 0 Å². The summed E-state index contributed by atoms with van der Waals surface area (Å²) >= 11 is 6.26. The number of carbonyl (C=O) groups is 1. The average Bonchev–Trinajstić information content (AvgIpc) is 3.19. The van der Waals surface area contributed by atoms with E-state index >= 15 is 0 Å². The van der Waals surface area contributed by atoms with Crippen LogP contribution in [0.3, 0.4) is 0 Å². The van der Waals surface area contributed by atoms with Crippen molar-refractivity contribution >= 4 is 23.5 Å². The number of methoxy groups -OCH3 is 2. The van der Waals surface area contributed by atoms with Gasteiger partial charge in [0, 0.05) is 33.3 Å². The Morgan fingerprint density at radius 3 is 2.69 bits per heavy atom. The quantitative estimate of drug-likeness (QED) is 0.405. The summed E-state index contributed by atoms with van der Waals surface area (Å²) in [5, 5.41) is 0.583. The van der Waals surface area contributed by atoms with E-state index in [-0.39, 0.29) is 24.9 Å². The number of hydrogen-bond acceptors (Lipinski definition) is 7. The predicted octanol–water partition coefficient (Wildman–Crippen LogP) is 5.73. The van der Waals surface area contributed by atoms with Crippen LogP contribution in [0.4, 0.5) is 0 Å². The summed E-state index contributed by atoms with van der Waals surface area (Å²) in [6.07, 6.45) is 1.66. The lowest BCUT2D eigenvalue weighted by molar-refractivity contribution is -0.0175. The minimum absolute atomic E-state index is 0.184. The van der Waals surface area contributed by atoms with Crippen molar-refractivity contribution in [3.05, 3.63) is 81.1 Å². The molecule has 0 saturated carbocycles. The van der Waals surface area contributed by atoms with E-state index in [1.807, 2.05) is 25.1 Å². The van der Waals surface area contributed by atoms with Crippen LogP contribution in [0.15, 0.2) is 48.2 Å². The molecule has 0 N–H and O–H groups in total. The predicted molar refractivity (Wildman–Crippen MR) is 130 cm³/mol. The Morgan fingerprint density at radius 1 is 1.03 bits per heavy atom. The zero-order chi connectivity index (χ0) is 24.5. The molecule has 0 bridgehead atoms. The number of rotatable bonds is 6. The van der Waals surface area contributed by atoms with Gasteiger partial charge in [-0.25, -0.2) is 0 Å². The number of ether oxygens (including phenoxy) is 6. The Balaban J connectivity index is 1.40. The average molecular weight is 495 g/mol. The second kappa shape index (κ2) is 9.52. The topological polar surface area (TPSA) is 72.5 Å². The van der Waals surface area contributed by atoms with Crippen molar-refractivity contribution in [1.82, 2.24) is 0 Å². The number of benzene rings is 3. The molecule has 0 spiro atoms. The molecule has 3 aromatic rings. The van der Waals surface area contributed by atoms with E-state index in [1.54, 1.807) is 44.6 Å². The molecule has 0 unspecified atom stereocenters. The molecule has 0 saturated heterocycles. The molecular formula is C27H23ClO7. The van der Waals surface area contributed by atoms with Gasteiger partial charge in [-0.1, -0.05) is 11.6 Å². The van der Waals surface area contributed by atoms with E-state index in [2.05, 4.69) is 0 Å². The Kier molecular flexibility index (Phi) is 6.28. The van der Waals surface area contributed by atoms with Gasteiger partial charge in [0.05, 0.1) is 26.4 Å². The van der Waals surface area contributed by atoms with Gasteiger partial charge in [0.2, 0.25) is 5.78 Å². The van der Waals surface area contributed by atoms with Crippen LogP contribution in [0.2, 0.25) is 5.02 Å². The van der Waals surface area contributed by atoms with Crippen molar-refractivity contribution in [3.63, 3.8) is 0 Å². The molecule has 35 heavy (non-hydrogen) atoms. The number of ketones is 1. The summed E-state index contributed by atoms with van der Waals surface area (Å²) < 4.78 is 33.8. The second-order valence-corrected chi connectivity index (χ2v) is 8.50. The maximum absolute atomic E-state index is 13.0. The van der Waals surface area contributed by atoms with Crippen LogP contribution in [0.1, 0.15) is 32.6 Å². The fraction of sp³-hybridized carbons (Fsp3) is 0.222. The van der Waals surface area contributed by atoms with Gasteiger partial charge in [-0.05, 0) is 49.4 Å². The molecule has 180 valence electrons. The normalized spacial score (nSPS) is 15.2. The highest BCUT2D eigenvalue weighted by Crippen LogP contribution is 2.41. The summed E-state index contributed by atoms with van der Waals surface area (Å²) in [6, 6.07) is 12.5. The molecule has 8 heteroatoms. The molecule has 7 nitrogen and oxygen atoms in total. The minimum atomic E-state index is -0.204. The van der Waals surface area contributed by atoms with Crippen molar-refractivity contribution in [2.75, 3.05) is 21.0 Å². The van der Waals surface area contributed by atoms with Gasteiger partial charge in [0.15, 0.2) is 12.6 Å². The molecule has 0 aromatic heterocycles. The number of Topliss-reactive ketones (excluding diaryl/α,β-unsaturated/α-hetero) is 1. The highest BCUT2D eigenvalue weighted by atomic mass is 35.5. The van der Waals surface area contributed by atoms with Crippen LogP contribution in [0.25, 0.3) is 6.08 Å². The first kappa shape index (κ1) is 23.1. The van der Waals surface area contributed by atoms with Gasteiger partial charge < -0.3 is 28.4 Å². The van der Waals surface area contributed by atoms with Crippen molar-refractivity contribution in [2.45, 2.75) is 20.1 Å². The Bertz CT molecular complexity index is 1350. The molecule has 2 aliphatic heterocycles. The van der Waals surface area contributed by atoms with Crippen LogP contribution in [0.5, 0.6) is 28.7 Å². The van der Waals surface area contributed by atoms with Crippen LogP contribution < -0.4 is 23.7 Å². The molecular weight excluding hydrogens is 472 g/mol. The van der Waals surface area contributed by atoms with E-state index in [0.29, 0.717) is 45.8 Å². The van der Waals surface area contributed by atoms with Gasteiger partial charge in [0.1, 0.15) is 35.4 Å². The summed E-state index contributed by atoms with van der Waals surface area (Å²) in [4.78, 5) is 13.0. The van der Waals surface area contributed by atoms with Gasteiger partial charge in [0.25, 0.3) is 0 Å². The highest BCUT2D eigenvalue weighted by molar-refractivity contribution is 6.30. The number of allylic oxidation sites excluding steroid dienone is 1. The highest BCUT2D eigenvalue weighted by Gasteiger charge is 2.30. The molecule has 2 heterocycles. The Hall–Kier alpha value is -3.68. The lowest BCUT2D eigenvalue weighted by Crippen LogP contribution is -2.14. The molecule has 0 aliphatic carbocycles. The monoisotopic (exact) mass is 494 g/mol. The zero-order valence-electron chi connectivity index (χ0n) is 19.5.